The molecular weight excluding hydrogens is 494 g/mol. The smallest absolute Gasteiger partial charge is 0.150 e. The van der Waals surface area contributed by atoms with E-state index in [4.69, 9.17) is 0 Å². The van der Waals surface area contributed by atoms with Crippen molar-refractivity contribution >= 4 is 0 Å². The molecule has 0 N–H and O–H groups in total. The molecule has 39 heavy (non-hydrogen) atoms. The van der Waals surface area contributed by atoms with Crippen LogP contribution in [0.3, 0.4) is 0 Å². The van der Waals surface area contributed by atoms with Gasteiger partial charge in [0.25, 0.3) is 0 Å². The lowest BCUT2D eigenvalue weighted by molar-refractivity contribution is 0.600. The van der Waals surface area contributed by atoms with E-state index < -0.39 is 0 Å². The average molecular weight is 544 g/mol. The number of rotatable bonds is 8. The Morgan fingerprint density at radius 1 is 0.462 bits per heavy atom. The second-order valence-electron chi connectivity index (χ2n) is 8.64. The highest BCUT2D eigenvalue weighted by molar-refractivity contribution is 5.08. The van der Waals surface area contributed by atoms with Gasteiger partial charge in [-0.15, -0.1) is 20.4 Å². The highest BCUT2D eigenvalue weighted by Crippen LogP contribution is 2.04. The Labute approximate surface area is 233 Å². The minimum Gasteiger partial charge on any atom is -0.250 e. The molecule has 0 saturated carbocycles. The molecule has 0 amide bonds. The van der Waals surface area contributed by atoms with Crippen molar-refractivity contribution in [1.29, 1.82) is 0 Å². The van der Waals surface area contributed by atoms with Gasteiger partial charge in [-0.05, 0) is 78.2 Å². The van der Waals surface area contributed by atoms with E-state index in [0.29, 0.717) is 0 Å². The zero-order valence-corrected chi connectivity index (χ0v) is 26.0. The normalized spacial score (nSPS) is 10.2. The van der Waals surface area contributed by atoms with Crippen molar-refractivity contribution in [3.63, 3.8) is 0 Å². The molecule has 4 aromatic rings. The number of hydrogen-bond donors (Lipinski definition) is 0. The first-order valence-electron chi connectivity index (χ1n) is 14.2. The summed E-state index contributed by atoms with van der Waals surface area (Å²) in [6, 6.07) is 0. The molecule has 0 atom stereocenters. The van der Waals surface area contributed by atoms with Gasteiger partial charge in [0.1, 0.15) is 0 Å². The SMILES string of the molecule is CCc1c(C)nnn1CC.CCc1nnn(CC)c1C.CCc1nnn(CC)c1C.CCc1nnnn1CC. The third-order valence-corrected chi connectivity index (χ3v) is 6.31. The van der Waals surface area contributed by atoms with Gasteiger partial charge in [0, 0.05) is 32.6 Å². The minimum absolute atomic E-state index is 0.857. The van der Waals surface area contributed by atoms with Crippen LogP contribution in [0.2, 0.25) is 0 Å². The Balaban J connectivity index is 0.000000260. The molecule has 0 aliphatic rings. The van der Waals surface area contributed by atoms with E-state index >= 15 is 0 Å². The molecule has 0 spiro atoms. The number of nitrogens with zero attached hydrogens (tertiary/aromatic N) is 13. The summed E-state index contributed by atoms with van der Waals surface area (Å²) >= 11 is 0. The second-order valence-corrected chi connectivity index (χ2v) is 8.64. The van der Waals surface area contributed by atoms with Crippen LogP contribution >= 0.6 is 0 Å². The van der Waals surface area contributed by atoms with Gasteiger partial charge in [0.2, 0.25) is 0 Å². The topological polar surface area (TPSA) is 136 Å². The van der Waals surface area contributed by atoms with Crippen molar-refractivity contribution in [3.8, 4) is 0 Å². The Morgan fingerprint density at radius 3 is 1.21 bits per heavy atom. The molecule has 0 saturated heterocycles. The first-order chi connectivity index (χ1) is 18.8. The minimum atomic E-state index is 0.857. The van der Waals surface area contributed by atoms with Crippen LogP contribution in [0, 0.1) is 20.8 Å². The predicted molar refractivity (Wildman–Crippen MR) is 152 cm³/mol. The summed E-state index contributed by atoms with van der Waals surface area (Å²) in [6.07, 6.45) is 3.88. The first-order valence-corrected chi connectivity index (χ1v) is 14.2. The van der Waals surface area contributed by atoms with Crippen LogP contribution in [0.5, 0.6) is 0 Å². The lowest BCUT2D eigenvalue weighted by Crippen LogP contribution is -2.01. The second kappa shape index (κ2) is 17.9. The molecule has 0 aliphatic heterocycles. The van der Waals surface area contributed by atoms with E-state index in [-0.39, 0.29) is 0 Å². The largest absolute Gasteiger partial charge is 0.250 e. The van der Waals surface area contributed by atoms with Gasteiger partial charge in [-0.1, -0.05) is 43.3 Å². The number of aryl methyl sites for hydroxylation is 8. The van der Waals surface area contributed by atoms with Crippen LogP contribution in [-0.2, 0) is 51.9 Å². The van der Waals surface area contributed by atoms with Crippen molar-refractivity contribution in [2.45, 2.75) is 128 Å². The fourth-order valence-electron chi connectivity index (χ4n) is 3.88. The summed E-state index contributed by atoms with van der Waals surface area (Å²) in [5.74, 6) is 0.956. The molecule has 0 fully saturated rings. The van der Waals surface area contributed by atoms with E-state index in [0.717, 1.165) is 74.8 Å². The monoisotopic (exact) mass is 543 g/mol. The predicted octanol–water partition coefficient (Wildman–Crippen LogP) is 3.76. The highest BCUT2D eigenvalue weighted by Gasteiger charge is 2.04. The molecule has 0 bridgehead atoms. The zero-order valence-electron chi connectivity index (χ0n) is 26.0. The van der Waals surface area contributed by atoms with Gasteiger partial charge in [0.15, 0.2) is 5.82 Å². The lowest BCUT2D eigenvalue weighted by Gasteiger charge is -1.98. The molecular formula is C26H49N13. The number of hydrogen-bond acceptors (Lipinski definition) is 9. The number of tetrazole rings is 1. The van der Waals surface area contributed by atoms with Gasteiger partial charge >= 0.3 is 0 Å². The van der Waals surface area contributed by atoms with Crippen LogP contribution in [0.1, 0.15) is 95.4 Å². The molecule has 0 aliphatic carbocycles. The summed E-state index contributed by atoms with van der Waals surface area (Å²) in [7, 11) is 0. The van der Waals surface area contributed by atoms with Gasteiger partial charge in [-0.25, -0.2) is 18.7 Å². The van der Waals surface area contributed by atoms with Crippen molar-refractivity contribution < 1.29 is 0 Å². The maximum absolute atomic E-state index is 4.02. The molecule has 4 aromatic heterocycles. The molecule has 0 radical (unpaired) electrons. The zero-order chi connectivity index (χ0) is 29.4. The molecule has 4 heterocycles. The third-order valence-electron chi connectivity index (χ3n) is 6.31. The van der Waals surface area contributed by atoms with Crippen molar-refractivity contribution in [1.82, 2.24) is 65.2 Å². The van der Waals surface area contributed by atoms with Crippen LogP contribution in [0.25, 0.3) is 0 Å². The fourth-order valence-corrected chi connectivity index (χ4v) is 3.88. The summed E-state index contributed by atoms with van der Waals surface area (Å²) in [4.78, 5) is 0. The lowest BCUT2D eigenvalue weighted by atomic mass is 10.3. The molecule has 13 nitrogen and oxygen atoms in total. The van der Waals surface area contributed by atoms with E-state index in [2.05, 4.69) is 102 Å². The molecule has 218 valence electrons. The maximum Gasteiger partial charge on any atom is 0.150 e. The van der Waals surface area contributed by atoms with Crippen LogP contribution in [0.4, 0.5) is 0 Å². The average Bonchev–Trinajstić information content (AvgIpc) is 3.74. The molecule has 0 aromatic carbocycles. The maximum atomic E-state index is 4.02. The quantitative estimate of drug-likeness (QED) is 0.325. The van der Waals surface area contributed by atoms with Crippen LogP contribution < -0.4 is 0 Å². The molecule has 4 rings (SSSR count). The third kappa shape index (κ3) is 9.63. The van der Waals surface area contributed by atoms with Crippen molar-refractivity contribution in [2.24, 2.45) is 0 Å². The van der Waals surface area contributed by atoms with Gasteiger partial charge in [-0.2, -0.15) is 0 Å². The van der Waals surface area contributed by atoms with Gasteiger partial charge < -0.3 is 0 Å². The van der Waals surface area contributed by atoms with E-state index in [1.54, 1.807) is 4.68 Å². The van der Waals surface area contributed by atoms with Gasteiger partial charge in [0.05, 0.1) is 34.2 Å². The standard InChI is InChI=1S/3C7H13N3.C5H10N4/c2*1-4-7-6(3)10(5-2)9-8-7;1-4-7-6(3)8-9-10(7)5-2;1-3-5-6-7-8-9(5)4-2/h3*4-5H2,1-3H3;3-4H2,1-2H3. The highest BCUT2D eigenvalue weighted by atomic mass is 15.5. The Hall–Kier alpha value is -3.51. The van der Waals surface area contributed by atoms with E-state index in [1.165, 1.54) is 17.1 Å². The Kier molecular flexibility index (Phi) is 15.4. The van der Waals surface area contributed by atoms with E-state index in [1.807, 2.05) is 34.8 Å². The Bertz CT molecular complexity index is 1090. The summed E-state index contributed by atoms with van der Waals surface area (Å²) in [5, 5.41) is 35.0. The number of aromatic nitrogens is 13. The fraction of sp³-hybridized carbons (Fsp3) is 0.731. The Morgan fingerprint density at radius 2 is 0.923 bits per heavy atom. The van der Waals surface area contributed by atoms with Crippen LogP contribution in [0.15, 0.2) is 0 Å². The summed E-state index contributed by atoms with van der Waals surface area (Å²) < 4.78 is 7.56. The molecule has 0 unspecified atom stereocenters. The first kappa shape index (κ1) is 33.5. The summed E-state index contributed by atoms with van der Waals surface area (Å²) in [5.41, 5.74) is 6.94. The summed E-state index contributed by atoms with van der Waals surface area (Å²) in [6.45, 7) is 26.3. The van der Waals surface area contributed by atoms with Crippen molar-refractivity contribution in [2.75, 3.05) is 0 Å². The van der Waals surface area contributed by atoms with Gasteiger partial charge in [-0.3, -0.25) is 0 Å². The van der Waals surface area contributed by atoms with E-state index in [9.17, 15) is 0 Å². The molecule has 13 heteroatoms. The van der Waals surface area contributed by atoms with Crippen molar-refractivity contribution in [3.05, 3.63) is 40.0 Å². The van der Waals surface area contributed by atoms with Crippen LogP contribution in [-0.4, -0.2) is 65.2 Å².